The van der Waals surface area contributed by atoms with Crippen LogP contribution in [-0.4, -0.2) is 28.1 Å². The summed E-state index contributed by atoms with van der Waals surface area (Å²) in [5.41, 5.74) is 1.59. The topological polar surface area (TPSA) is 66.6 Å². The Balaban J connectivity index is 1.74. The predicted octanol–water partition coefficient (Wildman–Crippen LogP) is 2.27. The Morgan fingerprint density at radius 1 is 1.37 bits per heavy atom. The molecule has 3 unspecified atom stereocenters. The van der Waals surface area contributed by atoms with Gasteiger partial charge in [0.05, 0.1) is 5.92 Å². The Kier molecular flexibility index (Phi) is 2.13. The lowest BCUT2D eigenvalue weighted by Crippen LogP contribution is -2.33. The Morgan fingerprint density at radius 2 is 2.21 bits per heavy atom. The fourth-order valence-electron chi connectivity index (χ4n) is 3.52. The lowest BCUT2D eigenvalue weighted by atomic mass is 9.89. The molecule has 0 saturated carbocycles. The summed E-state index contributed by atoms with van der Waals surface area (Å²) in [7, 11) is 0. The van der Waals surface area contributed by atoms with E-state index in [4.69, 9.17) is 4.42 Å². The van der Waals surface area contributed by atoms with Gasteiger partial charge in [0.25, 0.3) is 6.01 Å². The molecule has 1 aromatic carbocycles. The largest absolute Gasteiger partial charge is 0.481 e. The molecular formula is C14H14N2O3. The number of rotatable bonds is 2. The van der Waals surface area contributed by atoms with Gasteiger partial charge < -0.3 is 14.4 Å². The highest BCUT2D eigenvalue weighted by Crippen LogP contribution is 2.44. The van der Waals surface area contributed by atoms with E-state index < -0.39 is 5.97 Å². The van der Waals surface area contributed by atoms with E-state index in [0.29, 0.717) is 12.4 Å². The van der Waals surface area contributed by atoms with Gasteiger partial charge in [-0.05, 0) is 31.4 Å². The average molecular weight is 258 g/mol. The minimum absolute atomic E-state index is 0.0376. The van der Waals surface area contributed by atoms with Crippen LogP contribution in [0.2, 0.25) is 0 Å². The maximum Gasteiger partial charge on any atom is 0.308 e. The van der Waals surface area contributed by atoms with Crippen molar-refractivity contribution in [2.24, 2.45) is 5.92 Å². The van der Waals surface area contributed by atoms with Crippen molar-refractivity contribution in [3.63, 3.8) is 0 Å². The van der Waals surface area contributed by atoms with Crippen LogP contribution in [0.4, 0.5) is 6.01 Å². The molecule has 19 heavy (non-hydrogen) atoms. The molecule has 5 heteroatoms. The predicted molar refractivity (Wildman–Crippen MR) is 69.0 cm³/mol. The molecule has 0 amide bonds. The first kappa shape index (κ1) is 10.8. The van der Waals surface area contributed by atoms with Crippen molar-refractivity contribution in [1.29, 1.82) is 0 Å². The number of fused-ring (bicyclic) bond motifs is 3. The lowest BCUT2D eigenvalue weighted by molar-refractivity contribution is -0.142. The summed E-state index contributed by atoms with van der Waals surface area (Å²) in [6, 6.07) is 8.52. The smallest absolute Gasteiger partial charge is 0.308 e. The van der Waals surface area contributed by atoms with Gasteiger partial charge in [-0.25, -0.2) is 0 Å². The van der Waals surface area contributed by atoms with Crippen molar-refractivity contribution in [3.05, 3.63) is 24.3 Å². The van der Waals surface area contributed by atoms with Crippen LogP contribution in [0, 0.1) is 5.92 Å². The van der Waals surface area contributed by atoms with Gasteiger partial charge in [-0.2, -0.15) is 4.98 Å². The minimum atomic E-state index is -0.701. The second kappa shape index (κ2) is 3.73. The van der Waals surface area contributed by atoms with E-state index in [9.17, 15) is 9.90 Å². The number of carboxylic acids is 1. The average Bonchev–Trinajstić information content (AvgIpc) is 3.09. The van der Waals surface area contributed by atoms with Gasteiger partial charge in [-0.15, -0.1) is 0 Å². The quantitative estimate of drug-likeness (QED) is 0.895. The number of carbonyl (C=O) groups is 1. The number of hydrogen-bond donors (Lipinski definition) is 1. The number of anilines is 1. The lowest BCUT2D eigenvalue weighted by Gasteiger charge is -2.20. The molecule has 0 aliphatic carbocycles. The molecule has 0 spiro atoms. The van der Waals surface area contributed by atoms with Crippen LogP contribution in [0.25, 0.3) is 11.1 Å². The number of nitrogens with zero attached hydrogens (tertiary/aromatic N) is 2. The van der Waals surface area contributed by atoms with Gasteiger partial charge in [0.2, 0.25) is 0 Å². The highest BCUT2D eigenvalue weighted by molar-refractivity contribution is 5.76. The summed E-state index contributed by atoms with van der Waals surface area (Å²) in [6.07, 6.45) is 2.66. The van der Waals surface area contributed by atoms with Crippen LogP contribution >= 0.6 is 0 Å². The van der Waals surface area contributed by atoms with Gasteiger partial charge >= 0.3 is 5.97 Å². The summed E-state index contributed by atoms with van der Waals surface area (Å²) < 4.78 is 5.78. The van der Waals surface area contributed by atoms with E-state index in [1.807, 2.05) is 24.3 Å². The zero-order chi connectivity index (χ0) is 13.0. The van der Waals surface area contributed by atoms with Gasteiger partial charge in [0.1, 0.15) is 5.52 Å². The Labute approximate surface area is 109 Å². The number of aliphatic carboxylic acids is 1. The van der Waals surface area contributed by atoms with Gasteiger partial charge in [-0.1, -0.05) is 12.1 Å². The molecule has 2 saturated heterocycles. The number of aromatic nitrogens is 1. The molecule has 3 atom stereocenters. The van der Waals surface area contributed by atoms with Crippen molar-refractivity contribution in [2.75, 3.05) is 4.90 Å². The minimum Gasteiger partial charge on any atom is -0.481 e. The normalized spacial score (nSPS) is 29.3. The van der Waals surface area contributed by atoms with Crippen LogP contribution in [0.3, 0.4) is 0 Å². The molecule has 5 nitrogen and oxygen atoms in total. The van der Waals surface area contributed by atoms with Crippen molar-refractivity contribution in [3.8, 4) is 0 Å². The Morgan fingerprint density at radius 3 is 2.95 bits per heavy atom. The third-order valence-corrected chi connectivity index (χ3v) is 4.36. The van der Waals surface area contributed by atoms with Crippen molar-refractivity contribution < 1.29 is 14.3 Å². The van der Waals surface area contributed by atoms with Crippen molar-refractivity contribution in [1.82, 2.24) is 4.98 Å². The Hall–Kier alpha value is -2.04. The van der Waals surface area contributed by atoms with Crippen LogP contribution < -0.4 is 4.90 Å². The first-order valence-corrected chi connectivity index (χ1v) is 6.61. The summed E-state index contributed by atoms with van der Waals surface area (Å²) in [4.78, 5) is 17.8. The molecule has 98 valence electrons. The maximum absolute atomic E-state index is 11.3. The first-order valence-electron chi connectivity index (χ1n) is 6.61. The molecule has 1 aromatic heterocycles. The second-order valence-electron chi connectivity index (χ2n) is 5.35. The molecule has 2 bridgehead atoms. The summed E-state index contributed by atoms with van der Waals surface area (Å²) >= 11 is 0. The van der Waals surface area contributed by atoms with Crippen LogP contribution in [0.15, 0.2) is 28.7 Å². The van der Waals surface area contributed by atoms with E-state index in [2.05, 4.69) is 9.88 Å². The van der Waals surface area contributed by atoms with Crippen LogP contribution in [0.1, 0.15) is 19.3 Å². The van der Waals surface area contributed by atoms with E-state index in [0.717, 1.165) is 23.9 Å². The van der Waals surface area contributed by atoms with Gasteiger partial charge in [-0.3, -0.25) is 4.79 Å². The Bertz CT molecular complexity index is 618. The van der Waals surface area contributed by atoms with Gasteiger partial charge in [0.15, 0.2) is 5.58 Å². The first-order chi connectivity index (χ1) is 9.24. The van der Waals surface area contributed by atoms with Crippen molar-refractivity contribution in [2.45, 2.75) is 31.3 Å². The highest BCUT2D eigenvalue weighted by Gasteiger charge is 2.51. The van der Waals surface area contributed by atoms with Gasteiger partial charge in [0, 0.05) is 12.1 Å². The van der Waals surface area contributed by atoms with E-state index >= 15 is 0 Å². The number of benzene rings is 1. The standard InChI is InChI=1S/C14H14N2O3/c17-13(18)9-7-8-5-6-11(9)16(8)14-15-10-3-1-2-4-12(10)19-14/h1-4,8-9,11H,5-7H2,(H,17,18). The third kappa shape index (κ3) is 1.47. The fourth-order valence-corrected chi connectivity index (χ4v) is 3.52. The molecular weight excluding hydrogens is 244 g/mol. The molecule has 2 aliphatic rings. The number of hydrogen-bond acceptors (Lipinski definition) is 4. The molecule has 2 aliphatic heterocycles. The van der Waals surface area contributed by atoms with Crippen LogP contribution in [0.5, 0.6) is 0 Å². The highest BCUT2D eigenvalue weighted by atomic mass is 16.4. The number of oxazole rings is 1. The summed E-state index contributed by atoms with van der Waals surface area (Å²) in [5, 5.41) is 9.26. The SMILES string of the molecule is O=C(O)C1CC2CCC1N2c1nc2ccccc2o1. The fraction of sp³-hybridized carbons (Fsp3) is 0.429. The monoisotopic (exact) mass is 258 g/mol. The molecule has 3 heterocycles. The zero-order valence-electron chi connectivity index (χ0n) is 10.3. The van der Waals surface area contributed by atoms with E-state index in [-0.39, 0.29) is 18.0 Å². The third-order valence-electron chi connectivity index (χ3n) is 4.36. The molecule has 2 aromatic rings. The molecule has 2 fully saturated rings. The summed E-state index contributed by atoms with van der Waals surface area (Å²) in [6.45, 7) is 0. The zero-order valence-corrected chi connectivity index (χ0v) is 10.3. The molecule has 4 rings (SSSR count). The molecule has 1 N–H and O–H groups in total. The maximum atomic E-state index is 11.3. The molecule has 0 radical (unpaired) electrons. The second-order valence-corrected chi connectivity index (χ2v) is 5.35. The van der Waals surface area contributed by atoms with E-state index in [1.165, 1.54) is 0 Å². The number of carboxylic acid groups (broad SMARTS) is 1. The van der Waals surface area contributed by atoms with Crippen LogP contribution in [-0.2, 0) is 4.79 Å². The number of para-hydroxylation sites is 2. The van der Waals surface area contributed by atoms with Crippen molar-refractivity contribution >= 4 is 23.1 Å². The van der Waals surface area contributed by atoms with E-state index in [1.54, 1.807) is 0 Å². The summed E-state index contributed by atoms with van der Waals surface area (Å²) in [5.74, 6) is -0.984.